The summed E-state index contributed by atoms with van der Waals surface area (Å²) >= 11 is 0. The third kappa shape index (κ3) is 3.32. The molecule has 0 saturated carbocycles. The highest BCUT2D eigenvalue weighted by molar-refractivity contribution is 5.76. The molecule has 4 heteroatoms. The van der Waals surface area contributed by atoms with E-state index in [9.17, 15) is 4.79 Å². The molecule has 0 aromatic carbocycles. The molecule has 3 N–H and O–H groups in total. The number of hydrogen-bond donors (Lipinski definition) is 2. The summed E-state index contributed by atoms with van der Waals surface area (Å²) in [6.45, 7) is 1.56. The van der Waals surface area contributed by atoms with Crippen LogP contribution in [0.3, 0.4) is 0 Å². The van der Waals surface area contributed by atoms with Gasteiger partial charge in [0.15, 0.2) is 0 Å². The highest BCUT2D eigenvalue weighted by atomic mass is 16.3. The van der Waals surface area contributed by atoms with Gasteiger partial charge in [0, 0.05) is 25.6 Å². The fourth-order valence-electron chi connectivity index (χ4n) is 1.51. The Morgan fingerprint density at radius 1 is 1.54 bits per heavy atom. The maximum atomic E-state index is 11.3. The zero-order chi connectivity index (χ0) is 9.68. The molecule has 0 aliphatic carbocycles. The van der Waals surface area contributed by atoms with E-state index in [0.29, 0.717) is 19.4 Å². The number of carbonyl (C=O) groups is 1. The summed E-state index contributed by atoms with van der Waals surface area (Å²) in [5.41, 5.74) is 5.55. The van der Waals surface area contributed by atoms with E-state index >= 15 is 0 Å². The van der Waals surface area contributed by atoms with Gasteiger partial charge in [-0.2, -0.15) is 0 Å². The molecule has 1 heterocycles. The lowest BCUT2D eigenvalue weighted by Gasteiger charge is -2.27. The van der Waals surface area contributed by atoms with Crippen LogP contribution >= 0.6 is 0 Å². The number of aliphatic hydroxyl groups is 1. The van der Waals surface area contributed by atoms with Crippen LogP contribution in [0, 0.1) is 0 Å². The predicted octanol–water partition coefficient (Wildman–Crippen LogP) is -0.291. The summed E-state index contributed by atoms with van der Waals surface area (Å²) in [5, 5.41) is 8.70. The molecule has 0 bridgehead atoms. The molecular formula is C9H18N2O2. The van der Waals surface area contributed by atoms with Gasteiger partial charge in [-0.05, 0) is 19.3 Å². The Hall–Kier alpha value is -0.610. The van der Waals surface area contributed by atoms with Gasteiger partial charge < -0.3 is 15.7 Å². The van der Waals surface area contributed by atoms with Crippen LogP contribution in [0.25, 0.3) is 0 Å². The molecule has 0 aromatic rings. The number of nitrogens with two attached hydrogens (primary N) is 1. The smallest absolute Gasteiger partial charge is 0.222 e. The van der Waals surface area contributed by atoms with Gasteiger partial charge in [0.1, 0.15) is 0 Å². The van der Waals surface area contributed by atoms with Crippen LogP contribution in [0.2, 0.25) is 0 Å². The molecule has 1 amide bonds. The van der Waals surface area contributed by atoms with Crippen LogP contribution in [0.15, 0.2) is 0 Å². The molecule has 1 rings (SSSR count). The Bertz CT molecular complexity index is 173. The summed E-state index contributed by atoms with van der Waals surface area (Å²) in [4.78, 5) is 13.2. The fourth-order valence-corrected chi connectivity index (χ4v) is 1.51. The van der Waals surface area contributed by atoms with Crippen molar-refractivity contribution >= 4 is 5.91 Å². The van der Waals surface area contributed by atoms with E-state index in [1.54, 1.807) is 0 Å². The third-order valence-electron chi connectivity index (χ3n) is 2.43. The minimum atomic E-state index is -0.185. The number of likely N-dealkylation sites (tertiary alicyclic amines) is 1. The van der Waals surface area contributed by atoms with Gasteiger partial charge in [0.05, 0.1) is 6.61 Å². The minimum absolute atomic E-state index is 0.00201. The SMILES string of the molecule is NC(CO)CCN1CCCCC1=O. The van der Waals surface area contributed by atoms with Crippen molar-refractivity contribution in [2.24, 2.45) is 5.73 Å². The molecule has 0 aromatic heterocycles. The molecule has 1 aliphatic heterocycles. The van der Waals surface area contributed by atoms with Crippen molar-refractivity contribution in [1.82, 2.24) is 4.90 Å². The Morgan fingerprint density at radius 3 is 2.92 bits per heavy atom. The molecule has 1 saturated heterocycles. The molecule has 1 atom stereocenters. The molecule has 1 aliphatic rings. The Balaban J connectivity index is 2.22. The normalized spacial score (nSPS) is 20.5. The third-order valence-corrected chi connectivity index (χ3v) is 2.43. The van der Waals surface area contributed by atoms with Crippen molar-refractivity contribution in [3.05, 3.63) is 0 Å². The van der Waals surface area contributed by atoms with Gasteiger partial charge >= 0.3 is 0 Å². The first kappa shape index (κ1) is 10.5. The topological polar surface area (TPSA) is 66.6 Å². The van der Waals surface area contributed by atoms with E-state index in [4.69, 9.17) is 10.8 Å². The van der Waals surface area contributed by atoms with E-state index in [1.807, 2.05) is 4.90 Å². The average Bonchev–Trinajstić information content (AvgIpc) is 2.16. The Labute approximate surface area is 78.7 Å². The number of hydrogen-bond acceptors (Lipinski definition) is 3. The number of aliphatic hydroxyl groups excluding tert-OH is 1. The van der Waals surface area contributed by atoms with Gasteiger partial charge in [-0.15, -0.1) is 0 Å². The van der Waals surface area contributed by atoms with Crippen LogP contribution < -0.4 is 5.73 Å². The average molecular weight is 186 g/mol. The standard InChI is InChI=1S/C9H18N2O2/c10-8(7-12)4-6-11-5-2-1-3-9(11)13/h8,12H,1-7,10H2. The zero-order valence-corrected chi connectivity index (χ0v) is 7.91. The number of nitrogens with zero attached hydrogens (tertiary/aromatic N) is 1. The number of rotatable bonds is 4. The van der Waals surface area contributed by atoms with E-state index in [1.165, 1.54) is 0 Å². The fraction of sp³-hybridized carbons (Fsp3) is 0.889. The quantitative estimate of drug-likeness (QED) is 0.634. The molecule has 0 spiro atoms. The molecule has 4 nitrogen and oxygen atoms in total. The van der Waals surface area contributed by atoms with Gasteiger partial charge in [0.2, 0.25) is 5.91 Å². The molecular weight excluding hydrogens is 168 g/mol. The van der Waals surface area contributed by atoms with Crippen molar-refractivity contribution in [2.45, 2.75) is 31.7 Å². The van der Waals surface area contributed by atoms with Crippen molar-refractivity contribution in [1.29, 1.82) is 0 Å². The highest BCUT2D eigenvalue weighted by Gasteiger charge is 2.17. The summed E-state index contributed by atoms with van der Waals surface area (Å²) in [5.74, 6) is 0.233. The van der Waals surface area contributed by atoms with Gasteiger partial charge in [0.25, 0.3) is 0 Å². The second-order valence-corrected chi connectivity index (χ2v) is 3.57. The maximum Gasteiger partial charge on any atom is 0.222 e. The van der Waals surface area contributed by atoms with Crippen molar-refractivity contribution < 1.29 is 9.90 Å². The monoisotopic (exact) mass is 186 g/mol. The van der Waals surface area contributed by atoms with E-state index in [2.05, 4.69) is 0 Å². The first-order valence-electron chi connectivity index (χ1n) is 4.88. The van der Waals surface area contributed by atoms with Crippen molar-refractivity contribution in [2.75, 3.05) is 19.7 Å². The molecule has 1 unspecified atom stereocenters. The predicted molar refractivity (Wildman–Crippen MR) is 50.1 cm³/mol. The Morgan fingerprint density at radius 2 is 2.31 bits per heavy atom. The van der Waals surface area contributed by atoms with E-state index in [0.717, 1.165) is 19.4 Å². The summed E-state index contributed by atoms with van der Waals surface area (Å²) in [7, 11) is 0. The van der Waals surface area contributed by atoms with Crippen LogP contribution in [-0.2, 0) is 4.79 Å². The lowest BCUT2D eigenvalue weighted by Crippen LogP contribution is -2.39. The molecule has 1 fully saturated rings. The maximum absolute atomic E-state index is 11.3. The summed E-state index contributed by atoms with van der Waals surface area (Å²) < 4.78 is 0. The zero-order valence-electron chi connectivity index (χ0n) is 7.91. The first-order chi connectivity index (χ1) is 6.24. The second-order valence-electron chi connectivity index (χ2n) is 3.57. The number of amides is 1. The lowest BCUT2D eigenvalue weighted by molar-refractivity contribution is -0.133. The molecule has 0 radical (unpaired) electrons. The second kappa shape index (κ2) is 5.19. The van der Waals surface area contributed by atoms with Crippen LogP contribution in [0.1, 0.15) is 25.7 Å². The van der Waals surface area contributed by atoms with Gasteiger partial charge in [-0.25, -0.2) is 0 Å². The number of carbonyl (C=O) groups excluding carboxylic acids is 1. The van der Waals surface area contributed by atoms with Gasteiger partial charge in [-0.3, -0.25) is 4.79 Å². The van der Waals surface area contributed by atoms with Crippen LogP contribution in [-0.4, -0.2) is 41.7 Å². The van der Waals surface area contributed by atoms with Crippen LogP contribution in [0.4, 0.5) is 0 Å². The highest BCUT2D eigenvalue weighted by Crippen LogP contribution is 2.10. The largest absolute Gasteiger partial charge is 0.395 e. The van der Waals surface area contributed by atoms with E-state index in [-0.39, 0.29) is 18.6 Å². The van der Waals surface area contributed by atoms with E-state index < -0.39 is 0 Å². The minimum Gasteiger partial charge on any atom is -0.395 e. The Kier molecular flexibility index (Phi) is 4.18. The molecule has 13 heavy (non-hydrogen) atoms. The summed E-state index contributed by atoms with van der Waals surface area (Å²) in [6, 6.07) is -0.185. The first-order valence-corrected chi connectivity index (χ1v) is 4.88. The molecule has 76 valence electrons. The number of piperidine rings is 1. The van der Waals surface area contributed by atoms with Crippen molar-refractivity contribution in [3.8, 4) is 0 Å². The summed E-state index contributed by atoms with van der Waals surface area (Å²) in [6.07, 6.45) is 3.48. The van der Waals surface area contributed by atoms with Crippen molar-refractivity contribution in [3.63, 3.8) is 0 Å². The lowest BCUT2D eigenvalue weighted by atomic mass is 10.1. The van der Waals surface area contributed by atoms with Crippen LogP contribution in [0.5, 0.6) is 0 Å². The van der Waals surface area contributed by atoms with Gasteiger partial charge in [-0.1, -0.05) is 0 Å².